The Morgan fingerprint density at radius 3 is 2.57 bits per heavy atom. The predicted molar refractivity (Wildman–Crippen MR) is 76.6 cm³/mol. The molecule has 7 heteroatoms. The molecule has 1 atom stereocenters. The molecule has 0 aromatic carbocycles. The van der Waals surface area contributed by atoms with E-state index in [0.717, 1.165) is 32.6 Å². The Kier molecular flexibility index (Phi) is 5.96. The third kappa shape index (κ3) is 4.15. The first kappa shape index (κ1) is 16.2. The largest absolute Gasteiger partial charge is 0.387 e. The number of nitrogens with one attached hydrogen (secondary N) is 1. The van der Waals surface area contributed by atoms with Gasteiger partial charge < -0.3 is 20.1 Å². The summed E-state index contributed by atoms with van der Waals surface area (Å²) in [6.45, 7) is 3.33. The molecule has 0 unspecified atom stereocenters. The molecule has 120 valence electrons. The number of hydrogen-bond donors (Lipinski definition) is 2. The van der Waals surface area contributed by atoms with Crippen LogP contribution in [0.3, 0.4) is 0 Å². The van der Waals surface area contributed by atoms with Crippen molar-refractivity contribution in [1.82, 2.24) is 15.1 Å². The van der Waals surface area contributed by atoms with Crippen LogP contribution in [0.25, 0.3) is 0 Å². The third-order valence-corrected chi connectivity index (χ3v) is 4.37. The summed E-state index contributed by atoms with van der Waals surface area (Å²) in [5.74, 6) is -0.613. The third-order valence-electron chi connectivity index (χ3n) is 4.37. The Balaban J connectivity index is 2.07. The number of carbonyl (C=O) groups is 2. The number of hydrogen-bond acceptors (Lipinski definition) is 5. The van der Waals surface area contributed by atoms with Gasteiger partial charge in [-0.3, -0.25) is 14.5 Å². The molecule has 2 amide bonds. The van der Waals surface area contributed by atoms with Crippen LogP contribution in [-0.2, 0) is 14.3 Å². The zero-order valence-electron chi connectivity index (χ0n) is 12.6. The Labute approximate surface area is 125 Å². The molecule has 2 aliphatic heterocycles. The van der Waals surface area contributed by atoms with Crippen molar-refractivity contribution in [3.8, 4) is 0 Å². The fourth-order valence-corrected chi connectivity index (χ4v) is 3.12. The molecule has 2 rings (SSSR count). The van der Waals surface area contributed by atoms with Crippen LogP contribution < -0.4 is 5.32 Å². The van der Waals surface area contributed by atoms with Crippen LogP contribution in [0.4, 0.5) is 0 Å². The predicted octanol–water partition coefficient (Wildman–Crippen LogP) is -1.34. The van der Waals surface area contributed by atoms with Crippen molar-refractivity contribution in [2.45, 2.75) is 18.9 Å². The minimum atomic E-state index is -0.502. The van der Waals surface area contributed by atoms with Gasteiger partial charge in [-0.2, -0.15) is 0 Å². The fourth-order valence-electron chi connectivity index (χ4n) is 3.12. The quantitative estimate of drug-likeness (QED) is 0.674. The van der Waals surface area contributed by atoms with E-state index >= 15 is 0 Å². The van der Waals surface area contributed by atoms with Crippen LogP contribution in [-0.4, -0.2) is 85.8 Å². The Morgan fingerprint density at radius 1 is 1.24 bits per heavy atom. The van der Waals surface area contributed by atoms with Crippen LogP contribution in [0.5, 0.6) is 0 Å². The van der Waals surface area contributed by atoms with Crippen LogP contribution >= 0.6 is 0 Å². The van der Waals surface area contributed by atoms with Gasteiger partial charge >= 0.3 is 0 Å². The monoisotopic (exact) mass is 299 g/mol. The summed E-state index contributed by atoms with van der Waals surface area (Å²) in [4.78, 5) is 27.7. The van der Waals surface area contributed by atoms with Gasteiger partial charge in [0.15, 0.2) is 0 Å². The van der Waals surface area contributed by atoms with Gasteiger partial charge in [0.05, 0.1) is 5.92 Å². The summed E-state index contributed by atoms with van der Waals surface area (Å²) < 4.78 is 5.39. The highest BCUT2D eigenvalue weighted by Gasteiger charge is 2.32. The molecule has 0 saturated carbocycles. The van der Waals surface area contributed by atoms with Gasteiger partial charge in [-0.15, -0.1) is 0 Å². The van der Waals surface area contributed by atoms with E-state index in [2.05, 4.69) is 10.2 Å². The number of carbonyl (C=O) groups excluding carboxylic acids is 2. The van der Waals surface area contributed by atoms with E-state index in [1.54, 1.807) is 11.9 Å². The molecule has 0 radical (unpaired) electrons. The van der Waals surface area contributed by atoms with Gasteiger partial charge in [-0.05, 0) is 12.8 Å². The number of nitrogens with zero attached hydrogens (tertiary/aromatic N) is 2. The second-order valence-electron chi connectivity index (χ2n) is 5.65. The summed E-state index contributed by atoms with van der Waals surface area (Å²) >= 11 is 0. The van der Waals surface area contributed by atoms with Gasteiger partial charge in [-0.25, -0.2) is 0 Å². The standard InChI is InChI=1S/C14H25N3O4/c1-15-14(20)11-8-16(12-2-6-21-7-3-12)4-5-17(9-11)13(19)10-18/h11-12,18H,2-10H2,1H3,(H,15,20)/t11-/m0/s1. The highest BCUT2D eigenvalue weighted by molar-refractivity contribution is 5.81. The molecule has 2 aliphatic rings. The first-order valence-corrected chi connectivity index (χ1v) is 7.57. The van der Waals surface area contributed by atoms with Crippen LogP contribution in [0.1, 0.15) is 12.8 Å². The van der Waals surface area contributed by atoms with Gasteiger partial charge in [0.2, 0.25) is 11.8 Å². The number of aliphatic hydroxyl groups excluding tert-OH is 1. The van der Waals surface area contributed by atoms with E-state index in [4.69, 9.17) is 9.84 Å². The van der Waals surface area contributed by atoms with Crippen molar-refractivity contribution >= 4 is 11.8 Å². The second-order valence-corrected chi connectivity index (χ2v) is 5.65. The Morgan fingerprint density at radius 2 is 1.95 bits per heavy atom. The highest BCUT2D eigenvalue weighted by Crippen LogP contribution is 2.19. The van der Waals surface area contributed by atoms with E-state index in [1.807, 2.05) is 0 Å². The molecule has 2 heterocycles. The van der Waals surface area contributed by atoms with Gasteiger partial charge in [0.25, 0.3) is 0 Å². The summed E-state index contributed by atoms with van der Waals surface area (Å²) in [5, 5.41) is 11.7. The molecule has 0 aromatic heterocycles. The first-order valence-electron chi connectivity index (χ1n) is 7.57. The van der Waals surface area contributed by atoms with Crippen molar-refractivity contribution in [3.63, 3.8) is 0 Å². The second kappa shape index (κ2) is 7.72. The smallest absolute Gasteiger partial charge is 0.248 e. The van der Waals surface area contributed by atoms with Crippen molar-refractivity contribution in [2.75, 3.05) is 53.0 Å². The van der Waals surface area contributed by atoms with Crippen LogP contribution in [0.15, 0.2) is 0 Å². The molecule has 7 nitrogen and oxygen atoms in total. The molecule has 0 aromatic rings. The lowest BCUT2D eigenvalue weighted by molar-refractivity contribution is -0.135. The minimum Gasteiger partial charge on any atom is -0.387 e. The highest BCUT2D eigenvalue weighted by atomic mass is 16.5. The number of aliphatic hydroxyl groups is 1. The minimum absolute atomic E-state index is 0.0512. The molecule has 2 saturated heterocycles. The van der Waals surface area contributed by atoms with Gasteiger partial charge in [0, 0.05) is 52.5 Å². The fraction of sp³-hybridized carbons (Fsp3) is 0.857. The maximum absolute atomic E-state index is 12.0. The summed E-state index contributed by atoms with van der Waals surface area (Å²) in [5.41, 5.74) is 0. The molecular formula is C14H25N3O4. The van der Waals surface area contributed by atoms with E-state index in [9.17, 15) is 9.59 Å². The van der Waals surface area contributed by atoms with Crippen LogP contribution in [0, 0.1) is 5.92 Å². The van der Waals surface area contributed by atoms with Crippen molar-refractivity contribution in [2.24, 2.45) is 5.92 Å². The topological polar surface area (TPSA) is 82.1 Å². The van der Waals surface area contributed by atoms with Crippen LogP contribution in [0.2, 0.25) is 0 Å². The van der Waals surface area contributed by atoms with E-state index in [0.29, 0.717) is 25.7 Å². The van der Waals surface area contributed by atoms with E-state index in [-0.39, 0.29) is 17.7 Å². The van der Waals surface area contributed by atoms with E-state index < -0.39 is 6.61 Å². The lowest BCUT2D eigenvalue weighted by Crippen LogP contribution is -2.45. The number of ether oxygens (including phenoxy) is 1. The summed E-state index contributed by atoms with van der Waals surface area (Å²) in [6, 6.07) is 0.412. The molecule has 0 spiro atoms. The molecule has 2 fully saturated rings. The number of amides is 2. The maximum Gasteiger partial charge on any atom is 0.248 e. The zero-order chi connectivity index (χ0) is 15.2. The molecule has 2 N–H and O–H groups in total. The van der Waals surface area contributed by atoms with Gasteiger partial charge in [0.1, 0.15) is 6.61 Å². The summed E-state index contributed by atoms with van der Waals surface area (Å²) in [6.07, 6.45) is 1.93. The molecule has 0 bridgehead atoms. The first-order chi connectivity index (χ1) is 10.2. The summed E-state index contributed by atoms with van der Waals surface area (Å²) in [7, 11) is 1.62. The SMILES string of the molecule is CNC(=O)[C@@H]1CN(C(=O)CO)CCN(C2CCOCC2)C1. The average molecular weight is 299 g/mol. The average Bonchev–Trinajstić information content (AvgIpc) is 2.77. The van der Waals surface area contributed by atoms with Crippen molar-refractivity contribution in [1.29, 1.82) is 0 Å². The Hall–Kier alpha value is -1.18. The molecule has 21 heavy (non-hydrogen) atoms. The lowest BCUT2D eigenvalue weighted by Gasteiger charge is -2.34. The number of rotatable bonds is 3. The van der Waals surface area contributed by atoms with Crippen molar-refractivity contribution in [3.05, 3.63) is 0 Å². The molecule has 0 aliphatic carbocycles. The van der Waals surface area contributed by atoms with Crippen molar-refractivity contribution < 1.29 is 19.4 Å². The Bertz CT molecular complexity index is 371. The lowest BCUT2D eigenvalue weighted by atomic mass is 10.0. The maximum atomic E-state index is 12.0. The normalized spacial score (nSPS) is 25.4. The zero-order valence-corrected chi connectivity index (χ0v) is 12.6. The van der Waals surface area contributed by atoms with Gasteiger partial charge in [-0.1, -0.05) is 0 Å². The van der Waals surface area contributed by atoms with E-state index in [1.165, 1.54) is 0 Å². The molecular weight excluding hydrogens is 274 g/mol.